The minimum atomic E-state index is -2.89. The molecule has 1 fully saturated rings. The summed E-state index contributed by atoms with van der Waals surface area (Å²) in [6, 6.07) is 8.71. The molecule has 0 spiro atoms. The van der Waals surface area contributed by atoms with Crippen molar-refractivity contribution >= 4 is 5.97 Å². The fraction of sp³-hybridized carbons (Fsp3) is 0.560. The first-order valence-corrected chi connectivity index (χ1v) is 12.2. The summed E-state index contributed by atoms with van der Waals surface area (Å²) < 4.78 is 37.0. The molecule has 1 saturated carbocycles. The van der Waals surface area contributed by atoms with Gasteiger partial charge in [-0.15, -0.1) is 20.2 Å². The molecule has 1 aliphatic rings. The van der Waals surface area contributed by atoms with E-state index in [-0.39, 0.29) is 6.42 Å². The normalized spacial score (nSPS) is 13.8. The van der Waals surface area contributed by atoms with Gasteiger partial charge in [-0.1, -0.05) is 49.3 Å². The number of para-hydroxylation sites is 1. The van der Waals surface area contributed by atoms with Crippen LogP contribution in [0.15, 0.2) is 54.6 Å². The Morgan fingerprint density at radius 2 is 1.71 bits per heavy atom. The Bertz CT molecular complexity index is 874. The zero-order valence-corrected chi connectivity index (χ0v) is 21.2. The second-order valence-corrected chi connectivity index (χ2v) is 8.38. The predicted molar refractivity (Wildman–Crippen MR) is 132 cm³/mol. The molecule has 0 atom stereocenters. The van der Waals surface area contributed by atoms with Crippen molar-refractivity contribution in [3.05, 3.63) is 74.9 Å². The standard InChI is InChI=1S/C15H18F2O.C10H16N2O8/c16-15(17,11-10-13-6-4-5-7-13)12-18-14-8-2-1-3-9-14;1-2-3-4-5-6-10(13)20-9(7-18-11(14)15)8-19-12(16)17/h1-3,8-11,13H,4-7,12H2;2-3,9H,4-8H2,1H3/b11-10+;3-2-. The molecule has 11 nitrogen and oxygen atoms in total. The second-order valence-electron chi connectivity index (χ2n) is 8.38. The molecule has 0 saturated heterocycles. The van der Waals surface area contributed by atoms with Crippen LogP contribution < -0.4 is 4.74 Å². The molecule has 212 valence electrons. The lowest BCUT2D eigenvalue weighted by Crippen LogP contribution is -2.30. The molecule has 0 bridgehead atoms. The Balaban J connectivity index is 0.000000381. The highest BCUT2D eigenvalue weighted by Gasteiger charge is 2.27. The van der Waals surface area contributed by atoms with Gasteiger partial charge in [0.2, 0.25) is 0 Å². The van der Waals surface area contributed by atoms with Gasteiger partial charge in [-0.2, -0.15) is 8.78 Å². The van der Waals surface area contributed by atoms with E-state index in [1.165, 1.54) is 0 Å². The molecule has 0 amide bonds. The Morgan fingerprint density at radius 1 is 1.11 bits per heavy atom. The molecule has 1 aromatic rings. The molecule has 0 N–H and O–H groups in total. The molecule has 2 rings (SSSR count). The van der Waals surface area contributed by atoms with Crippen LogP contribution in [0, 0.1) is 26.1 Å². The molecule has 38 heavy (non-hydrogen) atoms. The number of carbonyl (C=O) groups excluding carboxylic acids is 1. The van der Waals surface area contributed by atoms with Crippen LogP contribution in [0.2, 0.25) is 0 Å². The van der Waals surface area contributed by atoms with E-state index in [1.807, 2.05) is 25.1 Å². The lowest BCUT2D eigenvalue weighted by atomic mass is 10.1. The van der Waals surface area contributed by atoms with Crippen LogP contribution in [0.1, 0.15) is 51.9 Å². The molecule has 0 unspecified atom stereocenters. The SMILES string of the molecule is C/C=C\CCCC(=O)OC(CO[N+](=O)[O-])CO[N+](=O)[O-].FC(F)(/C=C/C1CCCC1)COc1ccccc1. The van der Waals surface area contributed by atoms with Crippen molar-refractivity contribution in [3.63, 3.8) is 0 Å². The van der Waals surface area contributed by atoms with Crippen molar-refractivity contribution in [1.29, 1.82) is 0 Å². The third kappa shape index (κ3) is 16.8. The third-order valence-corrected chi connectivity index (χ3v) is 5.20. The molecular weight excluding hydrogens is 510 g/mol. The second kappa shape index (κ2) is 18.5. The lowest BCUT2D eigenvalue weighted by molar-refractivity contribution is -0.768. The summed E-state index contributed by atoms with van der Waals surface area (Å²) in [5.74, 6) is -2.71. The van der Waals surface area contributed by atoms with Crippen molar-refractivity contribution in [1.82, 2.24) is 0 Å². The number of benzene rings is 1. The first-order chi connectivity index (χ1) is 18.1. The van der Waals surface area contributed by atoms with E-state index in [4.69, 9.17) is 9.47 Å². The zero-order valence-electron chi connectivity index (χ0n) is 21.2. The van der Waals surface area contributed by atoms with Crippen LogP contribution in [-0.4, -0.2) is 48.0 Å². The fourth-order valence-electron chi connectivity index (χ4n) is 3.35. The number of carbonyl (C=O) groups is 1. The maximum atomic E-state index is 13.6. The monoisotopic (exact) mass is 544 g/mol. The minimum Gasteiger partial charge on any atom is -0.487 e. The highest BCUT2D eigenvalue weighted by atomic mass is 19.3. The van der Waals surface area contributed by atoms with Gasteiger partial charge in [0.05, 0.1) is 0 Å². The lowest BCUT2D eigenvalue weighted by Gasteiger charge is -2.15. The van der Waals surface area contributed by atoms with Crippen LogP contribution in [0.5, 0.6) is 5.75 Å². The van der Waals surface area contributed by atoms with Gasteiger partial charge in [0, 0.05) is 6.42 Å². The van der Waals surface area contributed by atoms with E-state index in [0.29, 0.717) is 24.5 Å². The first kappa shape index (κ1) is 32.3. The van der Waals surface area contributed by atoms with Gasteiger partial charge in [-0.05, 0) is 56.7 Å². The average Bonchev–Trinajstić information content (AvgIpc) is 3.41. The number of esters is 1. The number of hydrogen-bond donors (Lipinski definition) is 0. The van der Waals surface area contributed by atoms with Crippen LogP contribution in [0.25, 0.3) is 0 Å². The molecule has 1 aromatic carbocycles. The number of rotatable bonds is 16. The van der Waals surface area contributed by atoms with Crippen LogP contribution in [0.4, 0.5) is 8.78 Å². The van der Waals surface area contributed by atoms with Crippen LogP contribution in [-0.2, 0) is 19.2 Å². The predicted octanol–water partition coefficient (Wildman–Crippen LogP) is 5.51. The third-order valence-electron chi connectivity index (χ3n) is 5.20. The number of allylic oxidation sites excluding steroid dienone is 3. The van der Waals surface area contributed by atoms with E-state index < -0.39 is 48.0 Å². The molecule has 0 heterocycles. The van der Waals surface area contributed by atoms with Crippen LogP contribution in [0.3, 0.4) is 0 Å². The zero-order chi connectivity index (χ0) is 28.2. The van der Waals surface area contributed by atoms with Gasteiger partial charge in [0.25, 0.3) is 16.1 Å². The van der Waals surface area contributed by atoms with Gasteiger partial charge in [-0.3, -0.25) is 4.79 Å². The summed E-state index contributed by atoms with van der Waals surface area (Å²) in [5.41, 5.74) is 0. The van der Waals surface area contributed by atoms with Crippen molar-refractivity contribution < 1.29 is 42.9 Å². The van der Waals surface area contributed by atoms with E-state index >= 15 is 0 Å². The number of unbranched alkanes of at least 4 members (excludes halogenated alkanes) is 1. The van der Waals surface area contributed by atoms with E-state index in [0.717, 1.165) is 31.8 Å². The number of hydrogen-bond acceptors (Lipinski definition) is 9. The minimum absolute atomic E-state index is 0.0950. The molecule has 1 aliphatic carbocycles. The quantitative estimate of drug-likeness (QED) is 0.0866. The molecule has 0 aliphatic heterocycles. The van der Waals surface area contributed by atoms with Crippen molar-refractivity contribution in [2.75, 3.05) is 19.8 Å². The van der Waals surface area contributed by atoms with Gasteiger partial charge >= 0.3 is 5.97 Å². The summed E-state index contributed by atoms with van der Waals surface area (Å²) in [6.07, 6.45) is 10.9. The van der Waals surface area contributed by atoms with Gasteiger partial charge in [0.15, 0.2) is 6.61 Å². The average molecular weight is 545 g/mol. The number of ether oxygens (including phenoxy) is 2. The van der Waals surface area contributed by atoms with E-state index in [1.54, 1.807) is 30.3 Å². The summed E-state index contributed by atoms with van der Waals surface area (Å²) in [6.45, 7) is 0.00134. The highest BCUT2D eigenvalue weighted by molar-refractivity contribution is 5.69. The smallest absolute Gasteiger partial charge is 0.306 e. The number of halogens is 2. The maximum Gasteiger partial charge on any atom is 0.306 e. The van der Waals surface area contributed by atoms with E-state index in [9.17, 15) is 33.8 Å². The largest absolute Gasteiger partial charge is 0.487 e. The van der Waals surface area contributed by atoms with Crippen molar-refractivity contribution in [2.45, 2.75) is 63.9 Å². The van der Waals surface area contributed by atoms with Gasteiger partial charge in [-0.25, -0.2) is 0 Å². The summed E-state index contributed by atoms with van der Waals surface area (Å²) >= 11 is 0. The molecular formula is C25H34F2N2O9. The van der Waals surface area contributed by atoms with Crippen LogP contribution >= 0.6 is 0 Å². The molecule has 13 heteroatoms. The first-order valence-electron chi connectivity index (χ1n) is 12.2. The van der Waals surface area contributed by atoms with Gasteiger partial charge in [0.1, 0.15) is 25.1 Å². The van der Waals surface area contributed by atoms with Crippen molar-refractivity contribution in [2.24, 2.45) is 5.92 Å². The molecule has 0 radical (unpaired) electrons. The highest BCUT2D eigenvalue weighted by Crippen LogP contribution is 2.27. The van der Waals surface area contributed by atoms with Gasteiger partial charge < -0.3 is 19.1 Å². The maximum absolute atomic E-state index is 13.6. The Hall–Kier alpha value is -3.77. The van der Waals surface area contributed by atoms with Crippen molar-refractivity contribution in [3.8, 4) is 5.75 Å². The Morgan fingerprint density at radius 3 is 2.26 bits per heavy atom. The number of alkyl halides is 2. The summed E-state index contributed by atoms with van der Waals surface area (Å²) in [7, 11) is 0. The van der Waals surface area contributed by atoms with E-state index in [2.05, 4.69) is 9.68 Å². The summed E-state index contributed by atoms with van der Waals surface area (Å²) in [5, 5.41) is 17.9. The Kier molecular flexibility index (Phi) is 15.7. The fourth-order valence-corrected chi connectivity index (χ4v) is 3.35. The number of nitrogens with zero attached hydrogens (tertiary/aromatic N) is 2. The Labute approximate surface area is 219 Å². The summed E-state index contributed by atoms with van der Waals surface area (Å²) in [4.78, 5) is 39.5. The molecule has 0 aromatic heterocycles. The topological polar surface area (TPSA) is 140 Å².